The number of hydrogen-bond acceptors (Lipinski definition) is 6. The summed E-state index contributed by atoms with van der Waals surface area (Å²) in [4.78, 5) is 18.6. The van der Waals surface area contributed by atoms with Crippen molar-refractivity contribution in [3.8, 4) is 5.69 Å². The Bertz CT molecular complexity index is 870. The summed E-state index contributed by atoms with van der Waals surface area (Å²) in [6.07, 6.45) is 3.97. The lowest BCUT2D eigenvalue weighted by molar-refractivity contribution is 0.0944. The summed E-state index contributed by atoms with van der Waals surface area (Å²) in [5, 5.41) is 15.3. The highest BCUT2D eigenvalue weighted by atomic mass is 16.1. The van der Waals surface area contributed by atoms with Crippen LogP contribution in [-0.2, 0) is 6.54 Å². The maximum atomic E-state index is 12.2. The highest BCUT2D eigenvalue weighted by Crippen LogP contribution is 2.16. The lowest BCUT2D eigenvalue weighted by atomic mass is 10.3. The molecular formula is C18H19N7O. The Kier molecular flexibility index (Phi) is 4.55. The summed E-state index contributed by atoms with van der Waals surface area (Å²) in [6.45, 7) is 2.22. The van der Waals surface area contributed by atoms with Crippen LogP contribution < -0.4 is 10.2 Å². The Morgan fingerprint density at radius 3 is 2.58 bits per heavy atom. The third-order valence-corrected chi connectivity index (χ3v) is 4.28. The Labute approximate surface area is 150 Å². The minimum Gasteiger partial charge on any atom is -0.355 e. The second-order valence-corrected chi connectivity index (χ2v) is 6.09. The minimum atomic E-state index is -0.290. The van der Waals surface area contributed by atoms with Crippen LogP contribution in [0, 0.1) is 0 Å². The van der Waals surface area contributed by atoms with E-state index < -0.39 is 0 Å². The van der Waals surface area contributed by atoms with Crippen LogP contribution in [0.4, 0.5) is 5.82 Å². The van der Waals surface area contributed by atoms with Crippen LogP contribution in [0.2, 0.25) is 0 Å². The van der Waals surface area contributed by atoms with Crippen molar-refractivity contribution in [2.24, 2.45) is 0 Å². The van der Waals surface area contributed by atoms with Gasteiger partial charge in [0, 0.05) is 13.1 Å². The number of nitrogens with zero attached hydrogens (tertiary/aromatic N) is 6. The summed E-state index contributed by atoms with van der Waals surface area (Å²) < 4.78 is 1.67. The van der Waals surface area contributed by atoms with Gasteiger partial charge in [-0.25, -0.2) is 9.67 Å². The van der Waals surface area contributed by atoms with Crippen molar-refractivity contribution < 1.29 is 4.79 Å². The zero-order valence-electron chi connectivity index (χ0n) is 14.2. The van der Waals surface area contributed by atoms with Crippen LogP contribution in [0.5, 0.6) is 0 Å². The number of rotatable bonds is 5. The molecule has 4 rings (SSSR count). The molecule has 2 aromatic heterocycles. The summed E-state index contributed by atoms with van der Waals surface area (Å²) >= 11 is 0. The zero-order chi connectivity index (χ0) is 17.8. The number of nitrogens with one attached hydrogen (secondary N) is 1. The maximum absolute atomic E-state index is 12.2. The second kappa shape index (κ2) is 7.30. The largest absolute Gasteiger partial charge is 0.355 e. The van der Waals surface area contributed by atoms with E-state index in [4.69, 9.17) is 0 Å². The van der Waals surface area contributed by atoms with E-state index in [-0.39, 0.29) is 18.1 Å². The van der Waals surface area contributed by atoms with Crippen LogP contribution in [0.15, 0.2) is 48.8 Å². The lowest BCUT2D eigenvalue weighted by Gasteiger charge is -2.15. The topological polar surface area (TPSA) is 88.8 Å². The van der Waals surface area contributed by atoms with Crippen molar-refractivity contribution in [2.45, 2.75) is 19.4 Å². The molecule has 3 aromatic rings. The van der Waals surface area contributed by atoms with Crippen molar-refractivity contribution >= 4 is 11.7 Å². The van der Waals surface area contributed by atoms with Crippen molar-refractivity contribution in [2.75, 3.05) is 18.0 Å². The first-order chi connectivity index (χ1) is 12.8. The molecule has 0 saturated carbocycles. The van der Waals surface area contributed by atoms with Crippen molar-refractivity contribution in [1.82, 2.24) is 30.3 Å². The first-order valence-electron chi connectivity index (χ1n) is 8.62. The van der Waals surface area contributed by atoms with Gasteiger partial charge < -0.3 is 10.2 Å². The molecule has 1 aromatic carbocycles. The van der Waals surface area contributed by atoms with E-state index in [0.717, 1.165) is 24.6 Å². The fraction of sp³-hybridized carbons (Fsp3) is 0.278. The summed E-state index contributed by atoms with van der Waals surface area (Å²) in [5.74, 6) is 1.06. The maximum Gasteiger partial charge on any atom is 0.272 e. The number of carbonyl (C=O) groups excluding carboxylic acids is 1. The first kappa shape index (κ1) is 16.2. The van der Waals surface area contributed by atoms with E-state index in [2.05, 4.69) is 30.5 Å². The predicted octanol–water partition coefficient (Wildman–Crippen LogP) is 1.59. The average Bonchev–Trinajstić information content (AvgIpc) is 3.39. The Hall–Kier alpha value is -3.29. The van der Waals surface area contributed by atoms with Gasteiger partial charge in [0.25, 0.3) is 5.91 Å². The van der Waals surface area contributed by atoms with Gasteiger partial charge in [-0.1, -0.05) is 18.2 Å². The average molecular weight is 349 g/mol. The van der Waals surface area contributed by atoms with Crippen molar-refractivity contribution in [1.29, 1.82) is 0 Å². The number of hydrogen-bond donors (Lipinski definition) is 1. The highest BCUT2D eigenvalue weighted by molar-refractivity contribution is 5.92. The second-order valence-electron chi connectivity index (χ2n) is 6.09. The van der Waals surface area contributed by atoms with E-state index in [9.17, 15) is 4.79 Å². The van der Waals surface area contributed by atoms with Crippen molar-refractivity contribution in [3.05, 3.63) is 60.3 Å². The van der Waals surface area contributed by atoms with Crippen LogP contribution in [-0.4, -0.2) is 44.0 Å². The summed E-state index contributed by atoms with van der Waals surface area (Å²) in [7, 11) is 0. The van der Waals surface area contributed by atoms with Crippen LogP contribution in [0.3, 0.4) is 0 Å². The zero-order valence-corrected chi connectivity index (χ0v) is 14.2. The molecule has 1 N–H and O–H groups in total. The molecule has 0 radical (unpaired) electrons. The van der Waals surface area contributed by atoms with E-state index >= 15 is 0 Å². The molecule has 132 valence electrons. The molecular weight excluding hydrogens is 330 g/mol. The molecule has 0 unspecified atom stereocenters. The molecule has 1 aliphatic heterocycles. The van der Waals surface area contributed by atoms with E-state index in [1.165, 1.54) is 12.8 Å². The first-order valence-corrected chi connectivity index (χ1v) is 8.62. The van der Waals surface area contributed by atoms with Crippen LogP contribution >= 0.6 is 0 Å². The number of benzene rings is 1. The lowest BCUT2D eigenvalue weighted by Crippen LogP contribution is -2.25. The molecule has 1 saturated heterocycles. The number of carbonyl (C=O) groups is 1. The van der Waals surface area contributed by atoms with Gasteiger partial charge in [-0.05, 0) is 37.1 Å². The number of anilines is 1. The minimum absolute atomic E-state index is 0.230. The fourth-order valence-corrected chi connectivity index (χ4v) is 2.89. The fourth-order valence-electron chi connectivity index (χ4n) is 2.89. The molecule has 26 heavy (non-hydrogen) atoms. The molecule has 1 amide bonds. The Morgan fingerprint density at radius 1 is 1.04 bits per heavy atom. The van der Waals surface area contributed by atoms with Gasteiger partial charge in [0.05, 0.1) is 12.2 Å². The third kappa shape index (κ3) is 3.53. The number of aromatic nitrogens is 5. The molecule has 0 atom stereocenters. The van der Waals surface area contributed by atoms with Gasteiger partial charge in [-0.15, -0.1) is 15.3 Å². The monoisotopic (exact) mass is 349 g/mol. The van der Waals surface area contributed by atoms with Gasteiger partial charge in [0.2, 0.25) is 0 Å². The van der Waals surface area contributed by atoms with Gasteiger partial charge >= 0.3 is 0 Å². The molecule has 8 nitrogen and oxygen atoms in total. The molecule has 0 bridgehead atoms. The Balaban J connectivity index is 1.36. The van der Waals surface area contributed by atoms with Crippen molar-refractivity contribution in [3.63, 3.8) is 0 Å². The van der Waals surface area contributed by atoms with E-state index in [1.54, 1.807) is 17.1 Å². The van der Waals surface area contributed by atoms with Gasteiger partial charge in [-0.3, -0.25) is 4.79 Å². The smallest absolute Gasteiger partial charge is 0.272 e. The van der Waals surface area contributed by atoms with E-state index in [1.807, 2.05) is 36.4 Å². The van der Waals surface area contributed by atoms with Gasteiger partial charge in [0.15, 0.2) is 17.3 Å². The molecule has 1 aliphatic rings. The quantitative estimate of drug-likeness (QED) is 0.752. The van der Waals surface area contributed by atoms with Crippen LogP contribution in [0.1, 0.15) is 29.2 Å². The predicted molar refractivity (Wildman–Crippen MR) is 96.0 cm³/mol. The number of para-hydroxylation sites is 1. The van der Waals surface area contributed by atoms with Crippen LogP contribution in [0.25, 0.3) is 5.69 Å². The van der Waals surface area contributed by atoms with Gasteiger partial charge in [-0.2, -0.15) is 0 Å². The van der Waals surface area contributed by atoms with E-state index in [0.29, 0.717) is 5.82 Å². The molecule has 3 heterocycles. The summed E-state index contributed by atoms with van der Waals surface area (Å²) in [6, 6.07) is 13.2. The standard InChI is InChI=1S/C18H19N7O/c26-18(15-8-9-17(22-21-15)24-10-4-5-11-24)19-12-16-20-13-25(23-16)14-6-2-1-3-7-14/h1-3,6-9,13H,4-5,10-12H2,(H,19,26). The molecule has 0 spiro atoms. The molecule has 1 fully saturated rings. The van der Waals surface area contributed by atoms with Gasteiger partial charge in [0.1, 0.15) is 6.33 Å². The third-order valence-electron chi connectivity index (χ3n) is 4.28. The SMILES string of the molecule is O=C(NCc1ncn(-c2ccccc2)n1)c1ccc(N2CCCC2)nn1. The number of amides is 1. The Morgan fingerprint density at radius 2 is 1.85 bits per heavy atom. The highest BCUT2D eigenvalue weighted by Gasteiger charge is 2.15. The summed E-state index contributed by atoms with van der Waals surface area (Å²) in [5.41, 5.74) is 1.20. The molecule has 0 aliphatic carbocycles. The molecule has 8 heteroatoms. The normalized spacial score (nSPS) is 13.8.